The number of alkyl halides is 6. The molecule has 2 rings (SSSR count). The molecule has 2 heterocycles. The number of carbonyl (C=O) groups excluding carboxylic acids is 1. The van der Waals surface area contributed by atoms with Crippen molar-refractivity contribution in [3.8, 4) is 0 Å². The summed E-state index contributed by atoms with van der Waals surface area (Å²) >= 11 is 0. The smallest absolute Gasteiger partial charge is 0.429 e. The molecule has 45 heavy (non-hydrogen) atoms. The highest BCUT2D eigenvalue weighted by atomic mass is 19.4. The van der Waals surface area contributed by atoms with E-state index in [9.17, 15) is 41.4 Å². The second-order valence-corrected chi connectivity index (χ2v) is 14.2. The Morgan fingerprint density at radius 1 is 0.778 bits per heavy atom. The number of rotatable bonds is 14. The second-order valence-electron chi connectivity index (χ2n) is 14.2. The Kier molecular flexibility index (Phi) is 11.1. The molecule has 0 aromatic heterocycles. The van der Waals surface area contributed by atoms with Crippen molar-refractivity contribution >= 4 is 5.97 Å². The highest BCUT2D eigenvalue weighted by Crippen LogP contribution is 2.61. The fraction of sp³-hybridized carbons (Fsp3) is 0.906. The van der Waals surface area contributed by atoms with Gasteiger partial charge >= 0.3 is 18.3 Å². The summed E-state index contributed by atoms with van der Waals surface area (Å²) < 4.78 is 110. The summed E-state index contributed by atoms with van der Waals surface area (Å²) in [6, 6.07) is 0. The summed E-state index contributed by atoms with van der Waals surface area (Å²) in [6.07, 6.45) is -14.1. The largest absolute Gasteiger partial charge is 0.456 e. The third-order valence-corrected chi connectivity index (χ3v) is 10.6. The van der Waals surface area contributed by atoms with Gasteiger partial charge in [0.2, 0.25) is 0 Å². The molecule has 2 saturated heterocycles. The first-order chi connectivity index (χ1) is 20.1. The molecule has 0 aromatic carbocycles. The Morgan fingerprint density at radius 2 is 1.18 bits per heavy atom. The molecule has 0 aromatic rings. The van der Waals surface area contributed by atoms with Crippen LogP contribution in [-0.2, 0) is 23.7 Å². The molecule has 5 unspecified atom stereocenters. The fourth-order valence-electron chi connectivity index (χ4n) is 7.26. The third kappa shape index (κ3) is 6.67. The highest BCUT2D eigenvalue weighted by Gasteiger charge is 2.79. The Labute approximate surface area is 263 Å². The van der Waals surface area contributed by atoms with E-state index in [2.05, 4.69) is 6.58 Å². The van der Waals surface area contributed by atoms with Crippen LogP contribution in [0.25, 0.3) is 0 Å². The average molecular weight is 663 g/mol. The van der Waals surface area contributed by atoms with E-state index < -0.39 is 82.1 Å². The van der Waals surface area contributed by atoms with Gasteiger partial charge in [-0.05, 0) is 74.1 Å². The topological polar surface area (TPSA) is 94.5 Å². The second kappa shape index (κ2) is 12.6. The van der Waals surface area contributed by atoms with Crippen molar-refractivity contribution in [1.29, 1.82) is 0 Å². The SMILES string of the molecule is C=C(C)C(=O)OC1CC2OC1C(C(CC)(CC)OC(C)(C)C(C)(C)O)C2C(CC)(CC)OC(C)(C)C(O)(C(F)(F)F)C(F)(F)F. The Hall–Kier alpha value is -1.41. The van der Waals surface area contributed by atoms with Crippen LogP contribution in [-0.4, -0.2) is 80.5 Å². The van der Waals surface area contributed by atoms with E-state index in [0.717, 1.165) is 0 Å². The zero-order valence-electron chi connectivity index (χ0n) is 28.3. The molecular formula is C32H52F6O7. The summed E-state index contributed by atoms with van der Waals surface area (Å²) in [7, 11) is 0. The van der Waals surface area contributed by atoms with Gasteiger partial charge in [-0.2, -0.15) is 26.3 Å². The van der Waals surface area contributed by atoms with Crippen LogP contribution in [0.5, 0.6) is 0 Å². The highest BCUT2D eigenvalue weighted by molar-refractivity contribution is 5.87. The van der Waals surface area contributed by atoms with Gasteiger partial charge in [0.25, 0.3) is 5.60 Å². The fourth-order valence-corrected chi connectivity index (χ4v) is 7.26. The van der Waals surface area contributed by atoms with Crippen LogP contribution in [0, 0.1) is 11.8 Å². The molecule has 2 bridgehead atoms. The normalized spacial score (nSPS) is 25.5. The van der Waals surface area contributed by atoms with Crippen LogP contribution < -0.4 is 0 Å². The number of ether oxygens (including phenoxy) is 4. The molecule has 264 valence electrons. The van der Waals surface area contributed by atoms with Gasteiger partial charge in [-0.1, -0.05) is 34.3 Å². The molecule has 5 atom stereocenters. The standard InChI is InChI=1S/C32H52F6O7/c1-13-28(14-2,45-27(11,12)30(41,31(33,34)35)32(36,37)38)21-19-17-20(43-24(39)18(5)6)23(42-19)22(21)29(15-3,16-4)44-26(9,10)25(7,8)40/h19-23,40-41H,5,13-17H2,1-4,6-12H3. The zero-order chi connectivity index (χ0) is 35.4. The molecule has 7 nitrogen and oxygen atoms in total. The molecular weight excluding hydrogens is 610 g/mol. The van der Waals surface area contributed by atoms with Gasteiger partial charge in [0.15, 0.2) is 0 Å². The minimum atomic E-state index is -6.12. The van der Waals surface area contributed by atoms with E-state index in [4.69, 9.17) is 18.9 Å². The van der Waals surface area contributed by atoms with Crippen molar-refractivity contribution in [2.45, 2.75) is 173 Å². The first kappa shape index (κ1) is 39.8. The number of carbonyl (C=O) groups is 1. The van der Waals surface area contributed by atoms with E-state index in [1.54, 1.807) is 41.5 Å². The number of halogens is 6. The molecule has 0 spiro atoms. The number of aliphatic hydroxyl groups is 2. The van der Waals surface area contributed by atoms with Gasteiger partial charge in [-0.25, -0.2) is 4.79 Å². The summed E-state index contributed by atoms with van der Waals surface area (Å²) in [5.41, 5.74) is -13.7. The Bertz CT molecular complexity index is 1050. The molecule has 0 saturated carbocycles. The zero-order valence-corrected chi connectivity index (χ0v) is 28.3. The van der Waals surface area contributed by atoms with Crippen LogP contribution in [0.15, 0.2) is 12.2 Å². The van der Waals surface area contributed by atoms with E-state index >= 15 is 0 Å². The first-order valence-corrected chi connectivity index (χ1v) is 15.6. The minimum Gasteiger partial charge on any atom is -0.456 e. The van der Waals surface area contributed by atoms with Crippen molar-refractivity contribution in [1.82, 2.24) is 0 Å². The maximum Gasteiger partial charge on any atom is 0.429 e. The number of hydrogen-bond acceptors (Lipinski definition) is 7. The van der Waals surface area contributed by atoms with Gasteiger partial charge in [-0.15, -0.1) is 0 Å². The lowest BCUT2D eigenvalue weighted by molar-refractivity contribution is -0.424. The molecule has 2 N–H and O–H groups in total. The third-order valence-electron chi connectivity index (χ3n) is 10.6. The molecule has 2 fully saturated rings. The van der Waals surface area contributed by atoms with Gasteiger partial charge in [0.1, 0.15) is 17.8 Å². The lowest BCUT2D eigenvalue weighted by atomic mass is 9.60. The Balaban J connectivity index is 2.85. The Morgan fingerprint density at radius 3 is 1.53 bits per heavy atom. The lowest BCUT2D eigenvalue weighted by Crippen LogP contribution is -2.72. The monoisotopic (exact) mass is 662 g/mol. The quantitative estimate of drug-likeness (QED) is 0.115. The van der Waals surface area contributed by atoms with Crippen LogP contribution in [0.2, 0.25) is 0 Å². The maximum absolute atomic E-state index is 14.1. The maximum atomic E-state index is 14.1. The average Bonchev–Trinajstić information content (AvgIpc) is 3.46. The number of esters is 1. The van der Waals surface area contributed by atoms with Crippen LogP contribution in [0.1, 0.15) is 108 Å². The van der Waals surface area contributed by atoms with Crippen LogP contribution in [0.4, 0.5) is 26.3 Å². The predicted molar refractivity (Wildman–Crippen MR) is 155 cm³/mol. The van der Waals surface area contributed by atoms with E-state index in [-0.39, 0.29) is 24.8 Å². The van der Waals surface area contributed by atoms with Crippen LogP contribution >= 0.6 is 0 Å². The van der Waals surface area contributed by atoms with E-state index in [1.165, 1.54) is 6.92 Å². The van der Waals surface area contributed by atoms with E-state index in [1.807, 2.05) is 13.8 Å². The molecule has 0 aliphatic carbocycles. The summed E-state index contributed by atoms with van der Waals surface area (Å²) in [5.74, 6) is -2.31. The van der Waals surface area contributed by atoms with Gasteiger partial charge < -0.3 is 29.2 Å². The van der Waals surface area contributed by atoms with Crippen molar-refractivity contribution < 1.29 is 60.3 Å². The summed E-state index contributed by atoms with van der Waals surface area (Å²) in [6.45, 7) is 19.7. The summed E-state index contributed by atoms with van der Waals surface area (Å²) in [4.78, 5) is 12.6. The predicted octanol–water partition coefficient (Wildman–Crippen LogP) is 7.21. The van der Waals surface area contributed by atoms with Crippen molar-refractivity contribution in [2.75, 3.05) is 0 Å². The first-order valence-electron chi connectivity index (χ1n) is 15.6. The van der Waals surface area contributed by atoms with Crippen molar-refractivity contribution in [2.24, 2.45) is 11.8 Å². The molecule has 2 aliphatic heterocycles. The van der Waals surface area contributed by atoms with E-state index in [0.29, 0.717) is 26.7 Å². The van der Waals surface area contributed by atoms with Gasteiger partial charge in [0.05, 0.1) is 28.5 Å². The summed E-state index contributed by atoms with van der Waals surface area (Å²) in [5, 5.41) is 21.5. The minimum absolute atomic E-state index is 0.0406. The molecule has 13 heteroatoms. The van der Waals surface area contributed by atoms with Gasteiger partial charge in [-0.3, -0.25) is 0 Å². The van der Waals surface area contributed by atoms with Crippen molar-refractivity contribution in [3.63, 3.8) is 0 Å². The molecule has 2 aliphatic rings. The lowest BCUT2D eigenvalue weighted by Gasteiger charge is -2.56. The number of fused-ring (bicyclic) bond motifs is 2. The molecule has 0 radical (unpaired) electrons. The van der Waals surface area contributed by atoms with Crippen molar-refractivity contribution in [3.05, 3.63) is 12.2 Å². The van der Waals surface area contributed by atoms with Crippen LogP contribution in [0.3, 0.4) is 0 Å². The van der Waals surface area contributed by atoms with Gasteiger partial charge in [0, 0.05) is 23.8 Å². The number of hydrogen-bond donors (Lipinski definition) is 2. The molecule has 0 amide bonds.